The lowest BCUT2D eigenvalue weighted by Gasteiger charge is -2.34. The van der Waals surface area contributed by atoms with E-state index < -0.39 is 0 Å². The van der Waals surface area contributed by atoms with Gasteiger partial charge >= 0.3 is 0 Å². The van der Waals surface area contributed by atoms with Gasteiger partial charge in [0.2, 0.25) is 5.89 Å². The van der Waals surface area contributed by atoms with E-state index in [1.807, 2.05) is 6.92 Å². The van der Waals surface area contributed by atoms with Crippen LogP contribution in [0.4, 0.5) is 5.82 Å². The van der Waals surface area contributed by atoms with Gasteiger partial charge in [0.05, 0.1) is 11.4 Å². The van der Waals surface area contributed by atoms with E-state index in [1.165, 1.54) is 15.8 Å². The third-order valence-corrected chi connectivity index (χ3v) is 6.51. The van der Waals surface area contributed by atoms with Crippen molar-refractivity contribution in [3.05, 3.63) is 28.5 Å². The van der Waals surface area contributed by atoms with Crippen LogP contribution in [0.3, 0.4) is 0 Å². The Morgan fingerprint density at radius 2 is 2.07 bits per heavy atom. The first kappa shape index (κ1) is 18.3. The number of nitrogens with zero attached hydrogens (tertiary/aromatic N) is 5. The van der Waals surface area contributed by atoms with E-state index in [-0.39, 0.29) is 6.04 Å². The second-order valence-corrected chi connectivity index (χ2v) is 8.42. The molecule has 0 bridgehead atoms. The average Bonchev–Trinajstić information content (AvgIpc) is 3.27. The molecule has 4 rings (SSSR count). The molecule has 3 aromatic heterocycles. The Kier molecular flexibility index (Phi) is 5.10. The van der Waals surface area contributed by atoms with Crippen LogP contribution in [0.1, 0.15) is 54.9 Å². The van der Waals surface area contributed by atoms with Crippen molar-refractivity contribution in [2.24, 2.45) is 0 Å². The smallest absolute Gasteiger partial charge is 0.243 e. The second-order valence-electron chi connectivity index (χ2n) is 7.21. The molecule has 0 spiro atoms. The summed E-state index contributed by atoms with van der Waals surface area (Å²) in [6.07, 6.45) is 4.61. The van der Waals surface area contributed by atoms with Gasteiger partial charge in [0.1, 0.15) is 17.0 Å². The highest BCUT2D eigenvalue weighted by atomic mass is 32.1. The Hall–Kier alpha value is -2.06. The lowest BCUT2D eigenvalue weighted by molar-refractivity contribution is 0.304. The number of nitrogens with one attached hydrogen (secondary N) is 1. The predicted octanol–water partition coefficient (Wildman–Crippen LogP) is 3.57. The lowest BCUT2D eigenvalue weighted by atomic mass is 10.0. The molecule has 1 aliphatic rings. The summed E-state index contributed by atoms with van der Waals surface area (Å²) in [5.74, 6) is 2.52. The standard InChI is InChI=1S/C19H26N6OS/c1-5-15-23-18(26-24-15)12(3)22-14-6-8-25(9-7-14)17-16-11(2)13(4)27-19(16)21-10-20-17/h10,12,14,22H,5-9H2,1-4H3. The van der Waals surface area contributed by atoms with E-state index in [0.717, 1.165) is 48.8 Å². The van der Waals surface area contributed by atoms with Crippen LogP contribution in [0.25, 0.3) is 10.2 Å². The highest BCUT2D eigenvalue weighted by molar-refractivity contribution is 7.18. The van der Waals surface area contributed by atoms with Crippen LogP contribution >= 0.6 is 11.3 Å². The maximum Gasteiger partial charge on any atom is 0.243 e. The van der Waals surface area contributed by atoms with Crippen LogP contribution in [0.2, 0.25) is 0 Å². The van der Waals surface area contributed by atoms with E-state index in [9.17, 15) is 0 Å². The second kappa shape index (κ2) is 7.52. The molecule has 0 aliphatic carbocycles. The van der Waals surface area contributed by atoms with Crippen LogP contribution in [0, 0.1) is 13.8 Å². The first-order valence-electron chi connectivity index (χ1n) is 9.61. The van der Waals surface area contributed by atoms with Crippen LogP contribution < -0.4 is 10.2 Å². The minimum absolute atomic E-state index is 0.0712. The van der Waals surface area contributed by atoms with Crippen molar-refractivity contribution < 1.29 is 4.52 Å². The van der Waals surface area contributed by atoms with E-state index >= 15 is 0 Å². The zero-order valence-corrected chi connectivity index (χ0v) is 17.1. The Morgan fingerprint density at radius 1 is 1.30 bits per heavy atom. The number of aromatic nitrogens is 4. The van der Waals surface area contributed by atoms with Crippen molar-refractivity contribution in [3.8, 4) is 0 Å². The van der Waals surface area contributed by atoms with Crippen molar-refractivity contribution in [2.75, 3.05) is 18.0 Å². The quantitative estimate of drug-likeness (QED) is 0.718. The molecule has 1 N–H and O–H groups in total. The molecule has 3 aromatic rings. The number of hydrogen-bond donors (Lipinski definition) is 1. The van der Waals surface area contributed by atoms with Gasteiger partial charge in [-0.1, -0.05) is 12.1 Å². The topological polar surface area (TPSA) is 80.0 Å². The normalized spacial score (nSPS) is 17.0. The lowest BCUT2D eigenvalue weighted by Crippen LogP contribution is -2.43. The number of aryl methyl sites for hydroxylation is 3. The van der Waals surface area contributed by atoms with Gasteiger partial charge in [-0.15, -0.1) is 11.3 Å². The van der Waals surface area contributed by atoms with E-state index in [2.05, 4.69) is 51.1 Å². The van der Waals surface area contributed by atoms with Crippen LogP contribution in [0.15, 0.2) is 10.9 Å². The molecule has 1 unspecified atom stereocenters. The van der Waals surface area contributed by atoms with Crippen molar-refractivity contribution >= 4 is 27.4 Å². The van der Waals surface area contributed by atoms with E-state index in [4.69, 9.17) is 4.52 Å². The summed E-state index contributed by atoms with van der Waals surface area (Å²) in [6.45, 7) is 10.4. The summed E-state index contributed by atoms with van der Waals surface area (Å²) >= 11 is 1.75. The Bertz CT molecular complexity index is 928. The Morgan fingerprint density at radius 3 is 2.78 bits per heavy atom. The van der Waals surface area contributed by atoms with Gasteiger partial charge in [0.25, 0.3) is 0 Å². The molecule has 0 amide bonds. The molecule has 1 atom stereocenters. The molecule has 144 valence electrons. The minimum Gasteiger partial charge on any atom is -0.356 e. The van der Waals surface area contributed by atoms with Crippen molar-refractivity contribution in [3.63, 3.8) is 0 Å². The maximum absolute atomic E-state index is 5.36. The summed E-state index contributed by atoms with van der Waals surface area (Å²) in [4.78, 5) is 18.3. The van der Waals surface area contributed by atoms with Gasteiger partial charge in [-0.3, -0.25) is 0 Å². The summed E-state index contributed by atoms with van der Waals surface area (Å²) in [5, 5.41) is 8.86. The molecular formula is C19H26N6OS. The fourth-order valence-corrected chi connectivity index (χ4v) is 4.66. The molecule has 1 aliphatic heterocycles. The highest BCUT2D eigenvalue weighted by Crippen LogP contribution is 2.35. The van der Waals surface area contributed by atoms with Crippen molar-refractivity contribution in [2.45, 2.75) is 59.0 Å². The molecule has 8 heteroatoms. The van der Waals surface area contributed by atoms with Gasteiger partial charge < -0.3 is 14.7 Å². The summed E-state index contributed by atoms with van der Waals surface area (Å²) in [6, 6.07) is 0.512. The SMILES string of the molecule is CCc1noc(C(C)NC2CCN(c3ncnc4sc(C)c(C)c34)CC2)n1. The molecule has 1 fully saturated rings. The molecule has 1 saturated heterocycles. The molecule has 4 heterocycles. The number of piperidine rings is 1. The monoisotopic (exact) mass is 386 g/mol. The summed E-state index contributed by atoms with van der Waals surface area (Å²) in [5.41, 5.74) is 1.31. The third kappa shape index (κ3) is 3.55. The summed E-state index contributed by atoms with van der Waals surface area (Å²) in [7, 11) is 0. The van der Waals surface area contributed by atoms with Gasteiger partial charge in [-0.05, 0) is 39.2 Å². The number of thiophene rings is 1. The average molecular weight is 387 g/mol. The summed E-state index contributed by atoms with van der Waals surface area (Å²) < 4.78 is 5.36. The Labute approximate surface area is 163 Å². The zero-order chi connectivity index (χ0) is 19.0. The number of rotatable bonds is 5. The number of anilines is 1. The van der Waals surface area contributed by atoms with Gasteiger partial charge in [-0.2, -0.15) is 4.98 Å². The molecule has 0 radical (unpaired) electrons. The third-order valence-electron chi connectivity index (χ3n) is 5.40. The Balaban J connectivity index is 1.42. The zero-order valence-electron chi connectivity index (χ0n) is 16.3. The van der Waals surface area contributed by atoms with Gasteiger partial charge in [0.15, 0.2) is 5.82 Å². The maximum atomic E-state index is 5.36. The fraction of sp³-hybridized carbons (Fsp3) is 0.579. The predicted molar refractivity (Wildman–Crippen MR) is 107 cm³/mol. The molecule has 0 saturated carbocycles. The molecular weight excluding hydrogens is 360 g/mol. The minimum atomic E-state index is 0.0712. The molecule has 0 aromatic carbocycles. The van der Waals surface area contributed by atoms with Gasteiger partial charge in [0, 0.05) is 30.4 Å². The van der Waals surface area contributed by atoms with Crippen molar-refractivity contribution in [1.82, 2.24) is 25.4 Å². The first-order chi connectivity index (χ1) is 13.1. The molecule has 27 heavy (non-hydrogen) atoms. The van der Waals surface area contributed by atoms with Crippen molar-refractivity contribution in [1.29, 1.82) is 0 Å². The van der Waals surface area contributed by atoms with Gasteiger partial charge in [-0.25, -0.2) is 9.97 Å². The first-order valence-corrected chi connectivity index (χ1v) is 10.4. The van der Waals surface area contributed by atoms with E-state index in [0.29, 0.717) is 11.9 Å². The largest absolute Gasteiger partial charge is 0.356 e. The van der Waals surface area contributed by atoms with E-state index in [1.54, 1.807) is 17.7 Å². The fourth-order valence-electron chi connectivity index (χ4n) is 3.67. The van der Waals surface area contributed by atoms with Crippen LogP contribution in [0.5, 0.6) is 0 Å². The molecule has 7 nitrogen and oxygen atoms in total. The number of hydrogen-bond acceptors (Lipinski definition) is 8. The van der Waals surface area contributed by atoms with Crippen LogP contribution in [-0.2, 0) is 6.42 Å². The highest BCUT2D eigenvalue weighted by Gasteiger charge is 2.25. The number of fused-ring (bicyclic) bond motifs is 1. The van der Waals surface area contributed by atoms with Crippen LogP contribution in [-0.4, -0.2) is 39.2 Å².